The van der Waals surface area contributed by atoms with E-state index in [-0.39, 0.29) is 5.60 Å². The smallest absolute Gasteiger partial charge is 0.136 e. The predicted molar refractivity (Wildman–Crippen MR) is 76.1 cm³/mol. The Hall–Kier alpha value is -0.370. The van der Waals surface area contributed by atoms with Crippen molar-refractivity contribution in [3.8, 4) is 0 Å². The van der Waals surface area contributed by atoms with Crippen LogP contribution in [-0.2, 0) is 9.53 Å². The Labute approximate surface area is 117 Å². The van der Waals surface area contributed by atoms with Gasteiger partial charge in [-0.15, -0.1) is 0 Å². The van der Waals surface area contributed by atoms with Crippen molar-refractivity contribution in [1.82, 2.24) is 0 Å². The second kappa shape index (κ2) is 5.95. The molecule has 0 radical (unpaired) electrons. The van der Waals surface area contributed by atoms with Crippen LogP contribution in [0.5, 0.6) is 0 Å². The van der Waals surface area contributed by atoms with Crippen LogP contribution in [0.15, 0.2) is 0 Å². The summed E-state index contributed by atoms with van der Waals surface area (Å²) in [6, 6.07) is 0. The number of Topliss-reactive ketones (excluding diaryl/α,β-unsaturated/α-hetero) is 1. The van der Waals surface area contributed by atoms with E-state index in [0.29, 0.717) is 11.7 Å². The predicted octanol–water partition coefficient (Wildman–Crippen LogP) is 4.27. The second-order valence-electron chi connectivity index (χ2n) is 7.08. The second-order valence-corrected chi connectivity index (χ2v) is 7.08. The highest BCUT2D eigenvalue weighted by Gasteiger charge is 2.44. The van der Waals surface area contributed by atoms with Crippen LogP contribution in [0.4, 0.5) is 0 Å². The van der Waals surface area contributed by atoms with Gasteiger partial charge in [-0.1, -0.05) is 32.1 Å². The molecular formula is C17H28O2. The molecule has 19 heavy (non-hydrogen) atoms. The van der Waals surface area contributed by atoms with Crippen LogP contribution in [0.25, 0.3) is 0 Å². The molecular weight excluding hydrogens is 236 g/mol. The Morgan fingerprint density at radius 3 is 2.53 bits per heavy atom. The van der Waals surface area contributed by atoms with Crippen molar-refractivity contribution < 1.29 is 9.53 Å². The van der Waals surface area contributed by atoms with E-state index in [1.807, 2.05) is 0 Å². The zero-order chi connectivity index (χ0) is 13.1. The molecule has 1 saturated heterocycles. The highest BCUT2D eigenvalue weighted by molar-refractivity contribution is 5.81. The zero-order valence-corrected chi connectivity index (χ0v) is 12.2. The first-order chi connectivity index (χ1) is 9.27. The fourth-order valence-electron chi connectivity index (χ4n) is 4.25. The molecule has 1 heterocycles. The van der Waals surface area contributed by atoms with Crippen LogP contribution in [0.2, 0.25) is 0 Å². The maximum Gasteiger partial charge on any atom is 0.136 e. The van der Waals surface area contributed by atoms with E-state index in [2.05, 4.69) is 0 Å². The molecule has 0 amide bonds. The van der Waals surface area contributed by atoms with Crippen molar-refractivity contribution in [2.24, 2.45) is 11.8 Å². The Kier molecular flexibility index (Phi) is 4.26. The summed E-state index contributed by atoms with van der Waals surface area (Å²) < 4.78 is 5.92. The van der Waals surface area contributed by atoms with Gasteiger partial charge in [0.25, 0.3) is 0 Å². The van der Waals surface area contributed by atoms with Gasteiger partial charge in [0.15, 0.2) is 0 Å². The Morgan fingerprint density at radius 2 is 1.84 bits per heavy atom. The van der Waals surface area contributed by atoms with Crippen molar-refractivity contribution in [3.63, 3.8) is 0 Å². The van der Waals surface area contributed by atoms with Crippen LogP contribution in [-0.4, -0.2) is 18.0 Å². The van der Waals surface area contributed by atoms with Gasteiger partial charge in [-0.25, -0.2) is 0 Å². The molecule has 2 heteroatoms. The van der Waals surface area contributed by atoms with Gasteiger partial charge < -0.3 is 4.74 Å². The third-order valence-electron chi connectivity index (χ3n) is 5.74. The maximum atomic E-state index is 12.4. The zero-order valence-electron chi connectivity index (χ0n) is 12.2. The quantitative estimate of drug-likeness (QED) is 0.758. The molecule has 1 aliphatic heterocycles. The minimum absolute atomic E-state index is 0.128. The summed E-state index contributed by atoms with van der Waals surface area (Å²) >= 11 is 0. The van der Waals surface area contributed by atoms with Crippen LogP contribution < -0.4 is 0 Å². The molecule has 2 aliphatic carbocycles. The minimum atomic E-state index is 0.128. The SMILES string of the molecule is O=C(CCC1CCCCC1)C1CCOC2(CCC2)C1. The van der Waals surface area contributed by atoms with E-state index < -0.39 is 0 Å². The first kappa shape index (κ1) is 13.6. The molecule has 0 aromatic rings. The topological polar surface area (TPSA) is 26.3 Å². The summed E-state index contributed by atoms with van der Waals surface area (Å²) in [6.07, 6.45) is 14.6. The molecule has 2 nitrogen and oxygen atoms in total. The van der Waals surface area contributed by atoms with Gasteiger partial charge in [0.1, 0.15) is 5.78 Å². The summed E-state index contributed by atoms with van der Waals surface area (Å²) in [5, 5.41) is 0. The lowest BCUT2D eigenvalue weighted by atomic mass is 9.70. The molecule has 3 rings (SSSR count). The average molecular weight is 264 g/mol. The fraction of sp³-hybridized carbons (Fsp3) is 0.941. The normalized spacial score (nSPS) is 31.1. The number of rotatable bonds is 4. The average Bonchev–Trinajstić information content (AvgIpc) is 2.44. The third kappa shape index (κ3) is 3.21. The van der Waals surface area contributed by atoms with E-state index in [1.54, 1.807) is 0 Å². The first-order valence-corrected chi connectivity index (χ1v) is 8.44. The number of carbonyl (C=O) groups excluding carboxylic acids is 1. The van der Waals surface area contributed by atoms with E-state index in [9.17, 15) is 4.79 Å². The molecule has 0 aromatic heterocycles. The van der Waals surface area contributed by atoms with Crippen molar-refractivity contribution in [1.29, 1.82) is 0 Å². The molecule has 3 fully saturated rings. The number of hydrogen-bond acceptors (Lipinski definition) is 2. The lowest BCUT2D eigenvalue weighted by Crippen LogP contribution is -2.47. The standard InChI is InChI=1S/C17H28O2/c18-16(8-7-14-5-2-1-3-6-14)15-9-12-19-17(13-15)10-4-11-17/h14-15H,1-13H2. The first-order valence-electron chi connectivity index (χ1n) is 8.44. The monoisotopic (exact) mass is 264 g/mol. The van der Waals surface area contributed by atoms with Gasteiger partial charge in [-0.3, -0.25) is 4.79 Å². The van der Waals surface area contributed by atoms with E-state index >= 15 is 0 Å². The van der Waals surface area contributed by atoms with Crippen LogP contribution >= 0.6 is 0 Å². The molecule has 1 atom stereocenters. The Morgan fingerprint density at radius 1 is 1.05 bits per heavy atom. The van der Waals surface area contributed by atoms with E-state index in [1.165, 1.54) is 51.4 Å². The fourth-order valence-corrected chi connectivity index (χ4v) is 4.25. The minimum Gasteiger partial charge on any atom is -0.375 e. The molecule has 0 aromatic carbocycles. The van der Waals surface area contributed by atoms with Gasteiger partial charge in [0, 0.05) is 18.9 Å². The number of carbonyl (C=O) groups is 1. The number of hydrogen-bond donors (Lipinski definition) is 0. The lowest BCUT2D eigenvalue weighted by molar-refractivity contribution is -0.155. The molecule has 3 aliphatic rings. The Bertz CT molecular complexity index is 313. The highest BCUT2D eigenvalue weighted by Crippen LogP contribution is 2.44. The van der Waals surface area contributed by atoms with Crippen molar-refractivity contribution >= 4 is 5.78 Å². The molecule has 1 spiro atoms. The number of ketones is 1. The Balaban J connectivity index is 1.44. The summed E-state index contributed by atoms with van der Waals surface area (Å²) in [6.45, 7) is 0.819. The highest BCUT2D eigenvalue weighted by atomic mass is 16.5. The van der Waals surface area contributed by atoms with Gasteiger partial charge >= 0.3 is 0 Å². The van der Waals surface area contributed by atoms with Crippen LogP contribution in [0.3, 0.4) is 0 Å². The van der Waals surface area contributed by atoms with Crippen LogP contribution in [0.1, 0.15) is 77.0 Å². The van der Waals surface area contributed by atoms with Gasteiger partial charge in [-0.05, 0) is 44.4 Å². The van der Waals surface area contributed by atoms with Crippen molar-refractivity contribution in [2.45, 2.75) is 82.7 Å². The summed E-state index contributed by atoms with van der Waals surface area (Å²) in [5.74, 6) is 1.70. The van der Waals surface area contributed by atoms with E-state index in [0.717, 1.165) is 38.2 Å². The third-order valence-corrected chi connectivity index (χ3v) is 5.74. The van der Waals surface area contributed by atoms with Gasteiger partial charge in [0.05, 0.1) is 5.60 Å². The van der Waals surface area contributed by atoms with Gasteiger partial charge in [0.2, 0.25) is 0 Å². The summed E-state index contributed by atoms with van der Waals surface area (Å²) in [5.41, 5.74) is 0.128. The van der Waals surface area contributed by atoms with E-state index in [4.69, 9.17) is 4.74 Å². The molecule has 0 bridgehead atoms. The summed E-state index contributed by atoms with van der Waals surface area (Å²) in [4.78, 5) is 12.4. The van der Waals surface area contributed by atoms with Crippen molar-refractivity contribution in [3.05, 3.63) is 0 Å². The molecule has 108 valence electrons. The number of ether oxygens (including phenoxy) is 1. The largest absolute Gasteiger partial charge is 0.375 e. The summed E-state index contributed by atoms with van der Waals surface area (Å²) in [7, 11) is 0. The van der Waals surface area contributed by atoms with Gasteiger partial charge in [-0.2, -0.15) is 0 Å². The van der Waals surface area contributed by atoms with Crippen molar-refractivity contribution in [2.75, 3.05) is 6.61 Å². The van der Waals surface area contributed by atoms with Crippen LogP contribution in [0, 0.1) is 11.8 Å². The lowest BCUT2D eigenvalue weighted by Gasteiger charge is -2.47. The molecule has 2 saturated carbocycles. The molecule has 1 unspecified atom stereocenters. The maximum absolute atomic E-state index is 12.4. The molecule has 0 N–H and O–H groups in total.